The molecule has 3 aliphatic rings. The highest BCUT2D eigenvalue weighted by Gasteiger charge is 2.40. The summed E-state index contributed by atoms with van der Waals surface area (Å²) in [6, 6.07) is 8.52. The van der Waals surface area contributed by atoms with Crippen LogP contribution in [0.3, 0.4) is 0 Å². The van der Waals surface area contributed by atoms with Crippen LogP contribution >= 0.6 is 11.3 Å². The first-order chi connectivity index (χ1) is 14.1. The Hall–Kier alpha value is -2.45. The van der Waals surface area contributed by atoms with Gasteiger partial charge in [-0.15, -0.1) is 11.3 Å². The van der Waals surface area contributed by atoms with Crippen LogP contribution in [0.1, 0.15) is 23.6 Å². The van der Waals surface area contributed by atoms with E-state index in [-0.39, 0.29) is 30.7 Å². The predicted molar refractivity (Wildman–Crippen MR) is 110 cm³/mol. The number of ether oxygens (including phenoxy) is 1. The van der Waals surface area contributed by atoms with Gasteiger partial charge in [0.1, 0.15) is 11.6 Å². The predicted octanol–water partition coefficient (Wildman–Crippen LogP) is 2.23. The molecule has 0 spiro atoms. The molecule has 1 unspecified atom stereocenters. The van der Waals surface area contributed by atoms with Crippen LogP contribution in [0.2, 0.25) is 0 Å². The van der Waals surface area contributed by atoms with Gasteiger partial charge in [0, 0.05) is 48.7 Å². The number of carbonyl (C=O) groups is 2. The van der Waals surface area contributed by atoms with Crippen molar-refractivity contribution in [2.75, 3.05) is 32.8 Å². The van der Waals surface area contributed by atoms with Crippen molar-refractivity contribution in [2.24, 2.45) is 0 Å². The van der Waals surface area contributed by atoms with E-state index >= 15 is 0 Å². The molecule has 2 aromatic rings. The zero-order valence-electron chi connectivity index (χ0n) is 16.3. The monoisotopic (exact) mass is 412 g/mol. The summed E-state index contributed by atoms with van der Waals surface area (Å²) in [5.41, 5.74) is 3.45. The minimum Gasteiger partial charge on any atom is -0.366 e. The lowest BCUT2D eigenvalue weighted by Crippen LogP contribution is -2.63. The highest BCUT2D eigenvalue weighted by molar-refractivity contribution is 7.13. The number of nitrogens with one attached hydrogen (secondary N) is 1. The minimum absolute atomic E-state index is 0.0287. The molecule has 1 aromatic heterocycles. The van der Waals surface area contributed by atoms with E-state index in [0.717, 1.165) is 35.8 Å². The van der Waals surface area contributed by atoms with Gasteiger partial charge in [0.2, 0.25) is 5.91 Å². The number of nitrogens with zero attached hydrogens (tertiary/aromatic N) is 3. The smallest absolute Gasteiger partial charge is 0.320 e. The van der Waals surface area contributed by atoms with E-state index in [1.54, 1.807) is 11.3 Å². The van der Waals surface area contributed by atoms with Crippen LogP contribution in [0.25, 0.3) is 10.6 Å². The molecule has 7 nitrogen and oxygen atoms in total. The molecule has 3 aliphatic heterocycles. The standard InChI is InChI=1S/C21H24N4O3S/c1-13-12-29-20(22-13)15-4-2-14(3-5-15)16-8-25(9-16)21(27)24-7-6-18-17(10-24)23-19(26)11-28-18/h2-5,12,16-18H,6-11H2,1H3,(H,23,26)/t17?,18-/m0/s1. The number of carbonyl (C=O) groups excluding carboxylic acids is 2. The van der Waals surface area contributed by atoms with Crippen LogP contribution in [-0.2, 0) is 9.53 Å². The number of amides is 3. The molecule has 3 fully saturated rings. The zero-order chi connectivity index (χ0) is 20.0. The molecule has 29 heavy (non-hydrogen) atoms. The number of rotatable bonds is 2. The molecule has 0 bridgehead atoms. The topological polar surface area (TPSA) is 74.8 Å². The van der Waals surface area contributed by atoms with Crippen LogP contribution in [0.4, 0.5) is 4.79 Å². The summed E-state index contributed by atoms with van der Waals surface area (Å²) in [6.45, 7) is 4.82. The Kier molecular flexibility index (Phi) is 4.75. The van der Waals surface area contributed by atoms with Crippen molar-refractivity contribution in [3.05, 3.63) is 40.9 Å². The highest BCUT2D eigenvalue weighted by Crippen LogP contribution is 2.31. The number of morpholine rings is 1. The summed E-state index contributed by atoms with van der Waals surface area (Å²) in [6.07, 6.45) is 0.798. The Labute approximate surface area is 173 Å². The summed E-state index contributed by atoms with van der Waals surface area (Å²) >= 11 is 1.66. The number of likely N-dealkylation sites (tertiary alicyclic amines) is 2. The van der Waals surface area contributed by atoms with E-state index in [1.165, 1.54) is 5.56 Å². The maximum absolute atomic E-state index is 12.8. The van der Waals surface area contributed by atoms with Gasteiger partial charge in [-0.05, 0) is 18.9 Å². The number of urea groups is 1. The highest BCUT2D eigenvalue weighted by atomic mass is 32.1. The average Bonchev–Trinajstić information content (AvgIpc) is 3.13. The Bertz CT molecular complexity index is 922. The number of piperidine rings is 1. The molecule has 1 aromatic carbocycles. The summed E-state index contributed by atoms with van der Waals surface area (Å²) in [5.74, 6) is 0.280. The molecule has 3 amide bonds. The van der Waals surface area contributed by atoms with Crippen molar-refractivity contribution in [3.63, 3.8) is 0 Å². The molecule has 2 atom stereocenters. The molecule has 5 rings (SSSR count). The normalized spacial score (nSPS) is 24.7. The maximum Gasteiger partial charge on any atom is 0.320 e. The molecule has 152 valence electrons. The van der Waals surface area contributed by atoms with E-state index < -0.39 is 0 Å². The van der Waals surface area contributed by atoms with E-state index in [9.17, 15) is 9.59 Å². The quantitative estimate of drug-likeness (QED) is 0.821. The lowest BCUT2D eigenvalue weighted by Gasteiger charge is -2.46. The molecular weight excluding hydrogens is 388 g/mol. The van der Waals surface area contributed by atoms with Gasteiger partial charge in [-0.1, -0.05) is 24.3 Å². The Morgan fingerprint density at radius 1 is 1.21 bits per heavy atom. The lowest BCUT2D eigenvalue weighted by molar-refractivity contribution is -0.139. The SMILES string of the molecule is Cc1csc(-c2ccc(C3CN(C(=O)N4CC[C@@H]5OCC(=O)NC5C4)C3)cc2)n1. The van der Waals surface area contributed by atoms with Gasteiger partial charge >= 0.3 is 6.03 Å². The third-order valence-electron chi connectivity index (χ3n) is 5.99. The third kappa shape index (κ3) is 3.62. The number of aryl methyl sites for hydroxylation is 1. The molecular formula is C21H24N4O3S. The fourth-order valence-corrected chi connectivity index (χ4v) is 5.11. The molecule has 1 N–H and O–H groups in total. The largest absolute Gasteiger partial charge is 0.366 e. The van der Waals surface area contributed by atoms with Gasteiger partial charge in [-0.2, -0.15) is 0 Å². The Morgan fingerprint density at radius 2 is 2.00 bits per heavy atom. The number of hydrogen-bond acceptors (Lipinski definition) is 5. The molecule has 3 saturated heterocycles. The molecule has 0 saturated carbocycles. The van der Waals surface area contributed by atoms with E-state index in [1.807, 2.05) is 16.7 Å². The third-order valence-corrected chi connectivity index (χ3v) is 7.00. The summed E-state index contributed by atoms with van der Waals surface area (Å²) in [4.78, 5) is 32.7. The number of benzene rings is 1. The van der Waals surface area contributed by atoms with Crippen LogP contribution in [0.15, 0.2) is 29.6 Å². The van der Waals surface area contributed by atoms with Crippen LogP contribution in [-0.4, -0.2) is 71.7 Å². The number of thiazole rings is 1. The summed E-state index contributed by atoms with van der Waals surface area (Å²) in [7, 11) is 0. The number of aromatic nitrogens is 1. The van der Waals surface area contributed by atoms with Crippen molar-refractivity contribution < 1.29 is 14.3 Å². The van der Waals surface area contributed by atoms with Gasteiger partial charge in [0.15, 0.2) is 0 Å². The Balaban J connectivity index is 1.16. The van der Waals surface area contributed by atoms with Crippen molar-refractivity contribution in [1.82, 2.24) is 20.1 Å². The van der Waals surface area contributed by atoms with Gasteiger partial charge in [-0.3, -0.25) is 4.79 Å². The molecule has 8 heteroatoms. The second-order valence-electron chi connectivity index (χ2n) is 8.06. The number of hydrogen-bond donors (Lipinski definition) is 1. The second kappa shape index (κ2) is 7.42. The first kappa shape index (κ1) is 18.6. The fraction of sp³-hybridized carbons (Fsp3) is 0.476. The first-order valence-electron chi connectivity index (χ1n) is 10.0. The zero-order valence-corrected chi connectivity index (χ0v) is 17.2. The molecule has 4 heterocycles. The van der Waals surface area contributed by atoms with Crippen molar-refractivity contribution >= 4 is 23.3 Å². The van der Waals surface area contributed by atoms with E-state index in [0.29, 0.717) is 19.0 Å². The van der Waals surface area contributed by atoms with Gasteiger partial charge in [-0.25, -0.2) is 9.78 Å². The van der Waals surface area contributed by atoms with Crippen molar-refractivity contribution in [1.29, 1.82) is 0 Å². The van der Waals surface area contributed by atoms with Crippen molar-refractivity contribution in [3.8, 4) is 10.6 Å². The minimum atomic E-state index is -0.0964. The second-order valence-corrected chi connectivity index (χ2v) is 8.92. The van der Waals surface area contributed by atoms with Gasteiger partial charge in [0.05, 0.1) is 12.1 Å². The van der Waals surface area contributed by atoms with E-state index in [2.05, 4.69) is 39.9 Å². The van der Waals surface area contributed by atoms with Gasteiger partial charge < -0.3 is 19.9 Å². The van der Waals surface area contributed by atoms with Crippen LogP contribution in [0.5, 0.6) is 0 Å². The maximum atomic E-state index is 12.8. The van der Waals surface area contributed by atoms with Crippen LogP contribution < -0.4 is 5.32 Å². The van der Waals surface area contributed by atoms with Gasteiger partial charge in [0.25, 0.3) is 0 Å². The Morgan fingerprint density at radius 3 is 2.72 bits per heavy atom. The van der Waals surface area contributed by atoms with Crippen LogP contribution in [0, 0.1) is 6.92 Å². The summed E-state index contributed by atoms with van der Waals surface area (Å²) < 4.78 is 5.57. The number of fused-ring (bicyclic) bond motifs is 1. The van der Waals surface area contributed by atoms with E-state index in [4.69, 9.17) is 4.74 Å². The molecule has 0 aliphatic carbocycles. The first-order valence-corrected chi connectivity index (χ1v) is 10.9. The average molecular weight is 413 g/mol. The summed E-state index contributed by atoms with van der Waals surface area (Å²) in [5, 5.41) is 6.06. The lowest BCUT2D eigenvalue weighted by atomic mass is 9.91. The van der Waals surface area contributed by atoms with Crippen molar-refractivity contribution in [2.45, 2.75) is 31.4 Å². The fourth-order valence-electron chi connectivity index (χ4n) is 4.30. The molecule has 0 radical (unpaired) electrons.